The van der Waals surface area contributed by atoms with Crippen molar-refractivity contribution in [1.29, 1.82) is 5.26 Å². The molecule has 0 aliphatic carbocycles. The van der Waals surface area contributed by atoms with Gasteiger partial charge in [-0.3, -0.25) is 0 Å². The second-order valence-electron chi connectivity index (χ2n) is 13.2. The molecule has 4 aromatic rings. The number of ether oxygens (including phenoxy) is 1. The van der Waals surface area contributed by atoms with Crippen molar-refractivity contribution in [2.24, 2.45) is 0 Å². The zero-order chi connectivity index (χ0) is 41.6. The molecule has 0 saturated heterocycles. The lowest BCUT2D eigenvalue weighted by Crippen LogP contribution is -2.37. The fourth-order valence-electron chi connectivity index (χ4n) is 6.40. The Balaban J connectivity index is 0.000000566. The van der Waals surface area contributed by atoms with Gasteiger partial charge in [0.25, 0.3) is 0 Å². The third-order valence-corrected chi connectivity index (χ3v) is 15.4. The largest absolute Gasteiger partial charge is 0.462 e. The predicted molar refractivity (Wildman–Crippen MR) is 232 cm³/mol. The molecule has 318 valence electrons. The van der Waals surface area contributed by atoms with Crippen LogP contribution in [0.1, 0.15) is 119 Å². The molecule has 4 rings (SSSR count). The predicted octanol–water partition coefficient (Wildman–Crippen LogP) is 15.0. The van der Waals surface area contributed by atoms with E-state index >= 15 is 0 Å². The molecule has 0 aliphatic heterocycles. The first-order valence-corrected chi connectivity index (χ1v) is 22.4. The molecular weight excluding hydrogens is 852 g/mol. The Bertz CT molecular complexity index is 1900. The van der Waals surface area contributed by atoms with Crippen molar-refractivity contribution in [3.63, 3.8) is 0 Å². The highest BCUT2D eigenvalue weighted by atomic mass is 35.5. The average molecular weight is 906 g/mol. The van der Waals surface area contributed by atoms with Crippen molar-refractivity contribution in [2.45, 2.75) is 111 Å². The first kappa shape index (κ1) is 52.9. The van der Waals surface area contributed by atoms with E-state index in [1.165, 1.54) is 36.4 Å². The average Bonchev–Trinajstić information content (AvgIpc) is 3.12. The molecule has 0 radical (unpaired) electrons. The van der Waals surface area contributed by atoms with E-state index in [1.54, 1.807) is 19.1 Å². The monoisotopic (exact) mass is 903 g/mol. The summed E-state index contributed by atoms with van der Waals surface area (Å²) in [6, 6.07) is 17.9. The van der Waals surface area contributed by atoms with Gasteiger partial charge < -0.3 is 14.3 Å². The number of aryl methyl sites for hydroxylation is 2. The van der Waals surface area contributed by atoms with E-state index in [0.29, 0.717) is 70.0 Å². The summed E-state index contributed by atoms with van der Waals surface area (Å²) in [6.07, 6.45) is 1.63. The van der Waals surface area contributed by atoms with Crippen molar-refractivity contribution in [3.8, 4) is 6.07 Å². The smallest absolute Gasteiger partial charge is 0.338 e. The van der Waals surface area contributed by atoms with Crippen LogP contribution in [-0.4, -0.2) is 26.0 Å². The maximum absolute atomic E-state index is 13.5. The van der Waals surface area contributed by atoms with Gasteiger partial charge in [-0.2, -0.15) is 5.26 Å². The molecule has 0 spiro atoms. The Morgan fingerprint density at radius 2 is 1.10 bits per heavy atom. The van der Waals surface area contributed by atoms with E-state index in [-0.39, 0.29) is 49.6 Å². The number of rotatable bonds is 17. The van der Waals surface area contributed by atoms with Gasteiger partial charge in [0, 0.05) is 43.4 Å². The van der Waals surface area contributed by atoms with Gasteiger partial charge in [0.1, 0.15) is 23.3 Å². The molecular formula is C44H53Cl4F4NO4Si. The van der Waals surface area contributed by atoms with Gasteiger partial charge in [-0.05, 0) is 123 Å². The summed E-state index contributed by atoms with van der Waals surface area (Å²) in [5.74, 6) is -2.98. The quantitative estimate of drug-likeness (QED) is 0.0649. The minimum absolute atomic E-state index is 0. The molecule has 14 heteroatoms. The topological polar surface area (TPSA) is 79.6 Å². The van der Waals surface area contributed by atoms with Crippen LogP contribution in [0.15, 0.2) is 60.7 Å². The third kappa shape index (κ3) is 15.5. The Labute approximate surface area is 362 Å². The van der Waals surface area contributed by atoms with Crippen LogP contribution in [0.5, 0.6) is 0 Å². The van der Waals surface area contributed by atoms with Crippen LogP contribution in [0, 0.1) is 34.6 Å². The van der Waals surface area contributed by atoms with Gasteiger partial charge in [-0.15, -0.1) is 0 Å². The summed E-state index contributed by atoms with van der Waals surface area (Å²) in [5.41, 5.74) is 2.71. The summed E-state index contributed by atoms with van der Waals surface area (Å²) in [4.78, 5) is 11.8. The molecule has 1 N–H and O–H groups in total. The lowest BCUT2D eigenvalue weighted by Gasteiger charge is -2.34. The number of nitrogens with zero attached hydrogens (tertiary/aromatic N) is 1. The number of nitriles is 1. The second-order valence-corrected chi connectivity index (χ2v) is 19.6. The van der Waals surface area contributed by atoms with Crippen LogP contribution in [0.3, 0.4) is 0 Å². The molecule has 2 unspecified atom stereocenters. The van der Waals surface area contributed by atoms with E-state index in [2.05, 4.69) is 26.8 Å². The molecule has 0 amide bonds. The zero-order valence-corrected chi connectivity index (χ0v) is 35.7. The molecule has 2 atom stereocenters. The van der Waals surface area contributed by atoms with E-state index in [0.717, 1.165) is 30.3 Å². The van der Waals surface area contributed by atoms with Crippen molar-refractivity contribution < 1.29 is 36.6 Å². The lowest BCUT2D eigenvalue weighted by atomic mass is 10.00. The standard InChI is InChI=1S/C23H27Cl2F2NOSi.C19H18Cl2F2O3.2CH4/c1-4-30(5-2,6-3)29-22(23-20(24)12-17(15-28)13-21(23)25)9-7-8-16-10-18(26)14-19(27)11-16;1-2-26-19(25)12-8-15(20)18(16(21)9-12)17(24)5-3-4-11-6-13(22)10-14(23)7-11;;/h10-14,22H,4-9H2,1-3H3;6-10,17,24H,2-5H2,1H3;2*1H4. The van der Waals surface area contributed by atoms with Crippen LogP contribution in [0.4, 0.5) is 17.6 Å². The minimum Gasteiger partial charge on any atom is -0.462 e. The van der Waals surface area contributed by atoms with Crippen molar-refractivity contribution in [2.75, 3.05) is 6.61 Å². The lowest BCUT2D eigenvalue weighted by molar-refractivity contribution is 0.0526. The van der Waals surface area contributed by atoms with Gasteiger partial charge in [0.15, 0.2) is 8.32 Å². The molecule has 0 aliphatic rings. The number of benzene rings is 4. The zero-order valence-electron chi connectivity index (χ0n) is 31.6. The molecule has 5 nitrogen and oxygen atoms in total. The molecule has 4 aromatic carbocycles. The molecule has 0 aromatic heterocycles. The van der Waals surface area contributed by atoms with Gasteiger partial charge in [-0.1, -0.05) is 82.0 Å². The van der Waals surface area contributed by atoms with Gasteiger partial charge in [-0.25, -0.2) is 22.4 Å². The van der Waals surface area contributed by atoms with Crippen molar-refractivity contribution in [1.82, 2.24) is 0 Å². The van der Waals surface area contributed by atoms with Gasteiger partial charge in [0.05, 0.1) is 36.0 Å². The number of aliphatic hydroxyl groups is 1. The fraction of sp³-hybridized carbons (Fsp3) is 0.409. The number of esters is 1. The van der Waals surface area contributed by atoms with Crippen LogP contribution in [0.25, 0.3) is 0 Å². The number of carbonyl (C=O) groups excluding carboxylic acids is 1. The van der Waals surface area contributed by atoms with E-state index in [4.69, 9.17) is 55.6 Å². The summed E-state index contributed by atoms with van der Waals surface area (Å²) in [6.45, 7) is 8.35. The SMILES string of the molecule is C.C.CCOC(=O)c1cc(Cl)c(C(O)CCCc2cc(F)cc(F)c2)c(Cl)c1.CC[Si](CC)(CC)OC(CCCc1cc(F)cc(F)c1)c1c(Cl)cc(C#N)cc1Cl. The number of hydrogen-bond donors (Lipinski definition) is 1. The highest BCUT2D eigenvalue weighted by Gasteiger charge is 2.34. The van der Waals surface area contributed by atoms with Crippen LogP contribution >= 0.6 is 46.4 Å². The van der Waals surface area contributed by atoms with E-state index < -0.39 is 43.7 Å². The first-order valence-electron chi connectivity index (χ1n) is 18.4. The van der Waals surface area contributed by atoms with Crippen molar-refractivity contribution >= 4 is 60.7 Å². The normalized spacial score (nSPS) is 11.9. The second kappa shape index (κ2) is 25.5. The summed E-state index contributed by atoms with van der Waals surface area (Å²) < 4.78 is 65.0. The van der Waals surface area contributed by atoms with Crippen molar-refractivity contribution in [3.05, 3.63) is 137 Å². The Hall–Kier alpha value is -3.14. The van der Waals surface area contributed by atoms with E-state index in [1.807, 2.05) is 0 Å². The van der Waals surface area contributed by atoms with Crippen LogP contribution in [0.2, 0.25) is 38.2 Å². The van der Waals surface area contributed by atoms with E-state index in [9.17, 15) is 32.7 Å². The number of halogens is 8. The molecule has 0 heterocycles. The number of hydrogen-bond acceptors (Lipinski definition) is 5. The van der Waals surface area contributed by atoms with Crippen LogP contribution < -0.4 is 0 Å². The summed E-state index contributed by atoms with van der Waals surface area (Å²) in [7, 11) is -1.98. The Morgan fingerprint density at radius 1 is 0.690 bits per heavy atom. The minimum atomic E-state index is -1.98. The highest BCUT2D eigenvalue weighted by molar-refractivity contribution is 6.73. The third-order valence-electron chi connectivity index (χ3n) is 9.50. The number of carbonyl (C=O) groups is 1. The Morgan fingerprint density at radius 3 is 1.50 bits per heavy atom. The molecule has 0 fully saturated rings. The molecule has 0 bridgehead atoms. The molecule has 58 heavy (non-hydrogen) atoms. The first-order chi connectivity index (χ1) is 26.6. The van der Waals surface area contributed by atoms with Gasteiger partial charge in [0.2, 0.25) is 0 Å². The maximum Gasteiger partial charge on any atom is 0.338 e. The fourth-order valence-corrected chi connectivity index (χ4v) is 10.7. The summed E-state index contributed by atoms with van der Waals surface area (Å²) >= 11 is 25.3. The number of aliphatic hydroxyl groups excluding tert-OH is 1. The molecule has 0 saturated carbocycles. The van der Waals surface area contributed by atoms with Crippen LogP contribution in [-0.2, 0) is 22.0 Å². The Kier molecular flexibility index (Phi) is 23.2. The summed E-state index contributed by atoms with van der Waals surface area (Å²) in [5, 5.41) is 20.7. The maximum atomic E-state index is 13.5. The van der Waals surface area contributed by atoms with Gasteiger partial charge >= 0.3 is 5.97 Å². The highest BCUT2D eigenvalue weighted by Crippen LogP contribution is 2.40.